The van der Waals surface area contributed by atoms with Crippen molar-refractivity contribution >= 4 is 15.2 Å². The quantitative estimate of drug-likeness (QED) is 0.441. The van der Waals surface area contributed by atoms with Crippen LogP contribution in [0.15, 0.2) is 0 Å². The van der Waals surface area contributed by atoms with Gasteiger partial charge in [-0.15, -0.1) is 24.7 Å². The van der Waals surface area contributed by atoms with Gasteiger partial charge >= 0.3 is 15.2 Å². The van der Waals surface area contributed by atoms with Gasteiger partial charge in [0.25, 0.3) is 0 Å². The Morgan fingerprint density at radius 1 is 1.09 bits per heavy atom. The van der Waals surface area contributed by atoms with Gasteiger partial charge in [-0.1, -0.05) is 6.92 Å². The first-order chi connectivity index (χ1) is 10.7. The highest BCUT2D eigenvalue weighted by Crippen LogP contribution is 2.78. The zero-order valence-electron chi connectivity index (χ0n) is 14.2. The molecule has 0 amide bonds. The lowest BCUT2D eigenvalue weighted by molar-refractivity contribution is 0.162. The van der Waals surface area contributed by atoms with Gasteiger partial charge in [0.2, 0.25) is 0 Å². The van der Waals surface area contributed by atoms with Crippen LogP contribution in [0.2, 0.25) is 0 Å². The molecule has 0 aliphatic heterocycles. The molecular weight excluding hydrogens is 338 g/mol. The topological polar surface area (TPSA) is 82.1 Å². The van der Waals surface area contributed by atoms with Gasteiger partial charge in [0.1, 0.15) is 0 Å². The summed E-state index contributed by atoms with van der Waals surface area (Å²) in [7, 11) is -8.62. The molecule has 132 valence electrons. The van der Waals surface area contributed by atoms with Crippen LogP contribution in [0.3, 0.4) is 0 Å². The fourth-order valence-electron chi connectivity index (χ4n) is 1.97. The molecule has 1 N–H and O–H groups in total. The molecule has 0 aromatic carbocycles. The van der Waals surface area contributed by atoms with E-state index in [9.17, 15) is 14.0 Å². The van der Waals surface area contributed by atoms with Gasteiger partial charge in [-0.25, -0.2) is 0 Å². The van der Waals surface area contributed by atoms with Crippen LogP contribution in [0.4, 0.5) is 0 Å². The first kappa shape index (κ1) is 22.4. The van der Waals surface area contributed by atoms with Crippen LogP contribution in [0.25, 0.3) is 0 Å². The summed E-state index contributed by atoms with van der Waals surface area (Å²) in [4.78, 5) is 8.60. The van der Waals surface area contributed by atoms with Gasteiger partial charge in [-0.05, 0) is 27.2 Å². The van der Waals surface area contributed by atoms with Gasteiger partial charge in [0.05, 0.1) is 19.3 Å². The molecule has 0 fully saturated rings. The van der Waals surface area contributed by atoms with Crippen molar-refractivity contribution in [2.45, 2.75) is 58.0 Å². The Morgan fingerprint density at radius 3 is 1.83 bits per heavy atom. The molecule has 0 aromatic rings. The first-order valence-corrected chi connectivity index (χ1v) is 10.6. The van der Waals surface area contributed by atoms with E-state index < -0.39 is 26.2 Å². The van der Waals surface area contributed by atoms with E-state index in [1.807, 2.05) is 0 Å². The number of rotatable bonds is 11. The van der Waals surface area contributed by atoms with Gasteiger partial charge in [-0.2, -0.15) is 0 Å². The lowest BCUT2D eigenvalue weighted by atomic mass is 10.2. The molecule has 0 aliphatic carbocycles. The van der Waals surface area contributed by atoms with E-state index in [4.69, 9.17) is 26.4 Å². The Kier molecular flexibility index (Phi) is 9.41. The van der Waals surface area contributed by atoms with Crippen LogP contribution in [-0.2, 0) is 22.7 Å². The summed E-state index contributed by atoms with van der Waals surface area (Å²) >= 11 is 0. The van der Waals surface area contributed by atoms with Crippen molar-refractivity contribution in [3.63, 3.8) is 0 Å². The van der Waals surface area contributed by atoms with Crippen LogP contribution in [0, 0.1) is 24.7 Å². The summed E-state index contributed by atoms with van der Waals surface area (Å²) in [5.74, 6) is 4.55. The summed E-state index contributed by atoms with van der Waals surface area (Å²) < 4.78 is 42.1. The minimum Gasteiger partial charge on any atom is -0.323 e. The molecular formula is C15H26O6P2. The zero-order chi connectivity index (χ0) is 18.1. The van der Waals surface area contributed by atoms with Gasteiger partial charge in [0, 0.05) is 12.8 Å². The molecule has 0 aliphatic rings. The maximum Gasteiger partial charge on any atom is 0.350 e. The molecule has 0 saturated carbocycles. The van der Waals surface area contributed by atoms with E-state index in [2.05, 4.69) is 11.8 Å². The van der Waals surface area contributed by atoms with Crippen molar-refractivity contribution in [2.75, 3.05) is 13.2 Å². The summed E-state index contributed by atoms with van der Waals surface area (Å²) in [6.07, 6.45) is 9.93. The standard InChI is InChI=1S/C15H26O6P2/c1-7-12-15(13-8-2,22(16,17)21-14(6)9-3)23(18,19-10-4)20-11-5/h1-2,14H,9-13H2,3-6H3,(H,16,17). The molecule has 2 atom stereocenters. The highest BCUT2D eigenvalue weighted by molar-refractivity contribution is 7.73. The Morgan fingerprint density at radius 2 is 1.52 bits per heavy atom. The SMILES string of the molecule is C#CCC(CC#C)(P(=O)(O)OC(C)CC)P(=O)(OCC)OCC. The third-order valence-electron chi connectivity index (χ3n) is 3.30. The Bertz CT molecular complexity index is 519. The molecule has 8 heteroatoms. The Balaban J connectivity index is 6.29. The molecule has 0 spiro atoms. The smallest absolute Gasteiger partial charge is 0.323 e. The monoisotopic (exact) mass is 364 g/mol. The van der Waals surface area contributed by atoms with E-state index in [0.717, 1.165) is 0 Å². The predicted molar refractivity (Wildman–Crippen MR) is 91.2 cm³/mol. The van der Waals surface area contributed by atoms with E-state index in [1.165, 1.54) is 0 Å². The zero-order valence-corrected chi connectivity index (χ0v) is 15.9. The van der Waals surface area contributed by atoms with Crippen LogP contribution >= 0.6 is 15.2 Å². The molecule has 0 radical (unpaired) electrons. The highest BCUT2D eigenvalue weighted by atomic mass is 31.2. The Hall–Kier alpha value is -0.580. The largest absolute Gasteiger partial charge is 0.350 e. The number of hydrogen-bond acceptors (Lipinski definition) is 5. The van der Waals surface area contributed by atoms with Crippen molar-refractivity contribution in [3.8, 4) is 24.7 Å². The third-order valence-corrected chi connectivity index (χ3v) is 9.34. The van der Waals surface area contributed by atoms with Crippen molar-refractivity contribution in [1.29, 1.82) is 0 Å². The van der Waals surface area contributed by atoms with E-state index in [1.54, 1.807) is 27.7 Å². The summed E-state index contributed by atoms with van der Waals surface area (Å²) in [5.41, 5.74) is 0. The fourth-order valence-corrected chi connectivity index (χ4v) is 6.92. The minimum atomic E-state index is -4.52. The van der Waals surface area contributed by atoms with E-state index in [0.29, 0.717) is 6.42 Å². The van der Waals surface area contributed by atoms with Gasteiger partial charge in [0.15, 0.2) is 4.90 Å². The highest BCUT2D eigenvalue weighted by Gasteiger charge is 2.63. The maximum atomic E-state index is 13.3. The molecule has 0 rings (SSSR count). The van der Waals surface area contributed by atoms with E-state index >= 15 is 0 Å². The van der Waals surface area contributed by atoms with Gasteiger partial charge < -0.3 is 18.5 Å². The van der Waals surface area contributed by atoms with Crippen LogP contribution < -0.4 is 0 Å². The summed E-state index contributed by atoms with van der Waals surface area (Å²) in [6, 6.07) is 0. The number of terminal acetylenes is 2. The lowest BCUT2D eigenvalue weighted by Crippen LogP contribution is -2.32. The van der Waals surface area contributed by atoms with Crippen molar-refractivity contribution in [2.24, 2.45) is 0 Å². The minimum absolute atomic E-state index is 0.0114. The maximum absolute atomic E-state index is 13.3. The van der Waals surface area contributed by atoms with Gasteiger partial charge in [-0.3, -0.25) is 9.13 Å². The second-order valence-corrected chi connectivity index (χ2v) is 9.75. The molecule has 0 saturated heterocycles. The normalized spacial score (nSPS) is 16.1. The van der Waals surface area contributed by atoms with Crippen LogP contribution in [0.5, 0.6) is 0 Å². The average Bonchev–Trinajstić information content (AvgIpc) is 2.46. The first-order valence-electron chi connectivity index (χ1n) is 7.47. The van der Waals surface area contributed by atoms with Crippen LogP contribution in [0.1, 0.15) is 47.0 Å². The molecule has 0 heterocycles. The molecule has 2 unspecified atom stereocenters. The van der Waals surface area contributed by atoms with Crippen molar-refractivity contribution < 1.29 is 27.6 Å². The second-order valence-electron chi connectivity index (χ2n) is 4.92. The molecule has 0 aromatic heterocycles. The van der Waals surface area contributed by atoms with Crippen LogP contribution in [-0.4, -0.2) is 29.1 Å². The molecule has 0 bridgehead atoms. The summed E-state index contributed by atoms with van der Waals surface area (Å²) in [6.45, 7) is 6.64. The second kappa shape index (κ2) is 9.65. The fraction of sp³-hybridized carbons (Fsp3) is 0.733. The van der Waals surface area contributed by atoms with E-state index in [-0.39, 0.29) is 26.1 Å². The predicted octanol–water partition coefficient (Wildman–Crippen LogP) is 4.00. The third kappa shape index (κ3) is 4.94. The average molecular weight is 364 g/mol. The number of hydrogen-bond donors (Lipinski definition) is 1. The van der Waals surface area contributed by atoms with Crippen molar-refractivity contribution in [1.82, 2.24) is 0 Å². The molecule has 23 heavy (non-hydrogen) atoms. The van der Waals surface area contributed by atoms with Crippen molar-refractivity contribution in [3.05, 3.63) is 0 Å². The molecule has 6 nitrogen and oxygen atoms in total. The summed E-state index contributed by atoms with van der Waals surface area (Å²) in [5, 5.41) is 0. The lowest BCUT2D eigenvalue weighted by Gasteiger charge is -2.39. The Labute approximate surface area is 139 Å².